The minimum Gasteiger partial charge on any atom is -0.481 e. The van der Waals surface area contributed by atoms with Gasteiger partial charge in [0.15, 0.2) is 0 Å². The molecule has 5 nitrogen and oxygen atoms in total. The van der Waals surface area contributed by atoms with Crippen molar-refractivity contribution < 1.29 is 19.0 Å². The van der Waals surface area contributed by atoms with Gasteiger partial charge in [-0.15, -0.1) is 0 Å². The molecule has 0 amide bonds. The number of aryl methyl sites for hydroxylation is 1. The molecule has 0 radical (unpaired) electrons. The summed E-state index contributed by atoms with van der Waals surface area (Å²) in [7, 11) is -2.47. The third-order valence-corrected chi connectivity index (χ3v) is 2.21. The average Bonchev–Trinajstić information content (AvgIpc) is 2.16. The van der Waals surface area contributed by atoms with Crippen molar-refractivity contribution in [2.75, 3.05) is 0 Å². The zero-order chi connectivity index (χ0) is 11.3. The Morgan fingerprint density at radius 1 is 1.40 bits per heavy atom. The number of carboxylic acid groups (broad SMARTS) is 1. The van der Waals surface area contributed by atoms with Crippen molar-refractivity contribution in [3.63, 3.8) is 0 Å². The fourth-order valence-electron chi connectivity index (χ4n) is 1.09. The predicted molar refractivity (Wildman–Crippen MR) is 56.2 cm³/mol. The van der Waals surface area contributed by atoms with Gasteiger partial charge in [0.2, 0.25) is 0 Å². The molecule has 0 spiro atoms. The Hall–Kier alpha value is -1.32. The molecule has 82 valence electrons. The van der Waals surface area contributed by atoms with Gasteiger partial charge >= 0.3 is 14.1 Å². The second-order valence-corrected chi connectivity index (χ2v) is 3.80. The van der Waals surface area contributed by atoms with E-state index in [1.807, 2.05) is 0 Å². The highest BCUT2D eigenvalue weighted by Gasteiger charge is 2.00. The number of hydrogen-bond acceptors (Lipinski definition) is 3. The summed E-state index contributed by atoms with van der Waals surface area (Å²) in [6.45, 7) is 0. The molecule has 0 bridgehead atoms. The summed E-state index contributed by atoms with van der Waals surface area (Å²) in [4.78, 5) is 10.3. The third-order valence-electron chi connectivity index (χ3n) is 1.77. The van der Waals surface area contributed by atoms with Crippen LogP contribution in [0.1, 0.15) is 12.0 Å². The van der Waals surface area contributed by atoms with Crippen LogP contribution in [0, 0.1) is 0 Å². The molecule has 0 aliphatic heterocycles. The van der Waals surface area contributed by atoms with Crippen LogP contribution in [0.25, 0.3) is 0 Å². The molecule has 0 aromatic heterocycles. The molecule has 1 rings (SSSR count). The summed E-state index contributed by atoms with van der Waals surface area (Å²) < 4.78 is 15.4. The van der Waals surface area contributed by atoms with E-state index in [0.717, 1.165) is 5.56 Å². The number of rotatable bonds is 5. The minimum atomic E-state index is -2.47. The molecular formula is C9H12NO4P. The van der Waals surface area contributed by atoms with Crippen LogP contribution in [0.4, 0.5) is 0 Å². The molecule has 1 unspecified atom stereocenters. The fourth-order valence-corrected chi connectivity index (χ4v) is 1.46. The van der Waals surface area contributed by atoms with Gasteiger partial charge < -0.3 is 9.63 Å². The maximum Gasteiger partial charge on any atom is 0.303 e. The van der Waals surface area contributed by atoms with Crippen LogP contribution in [0.15, 0.2) is 24.3 Å². The lowest BCUT2D eigenvalue weighted by molar-refractivity contribution is -0.136. The molecule has 0 aliphatic rings. The van der Waals surface area contributed by atoms with Gasteiger partial charge in [-0.1, -0.05) is 12.1 Å². The molecule has 0 heterocycles. The minimum absolute atomic E-state index is 0.0910. The number of hydrogen-bond donors (Lipinski definition) is 2. The van der Waals surface area contributed by atoms with Crippen molar-refractivity contribution in [1.29, 1.82) is 0 Å². The molecule has 1 aromatic rings. The second kappa shape index (κ2) is 5.53. The second-order valence-electron chi connectivity index (χ2n) is 2.96. The number of carbonyl (C=O) groups is 1. The van der Waals surface area contributed by atoms with E-state index in [9.17, 15) is 9.36 Å². The summed E-state index contributed by atoms with van der Waals surface area (Å²) in [5.74, 6) is -0.400. The number of carboxylic acids is 1. The number of nitrogens with two attached hydrogens (primary N) is 1. The monoisotopic (exact) mass is 229 g/mol. The van der Waals surface area contributed by atoms with Crippen LogP contribution in [0.3, 0.4) is 0 Å². The lowest BCUT2D eigenvalue weighted by atomic mass is 10.1. The first-order valence-corrected chi connectivity index (χ1v) is 5.75. The molecule has 0 saturated carbocycles. The van der Waals surface area contributed by atoms with Crippen molar-refractivity contribution in [1.82, 2.24) is 0 Å². The first-order chi connectivity index (χ1) is 7.08. The van der Waals surface area contributed by atoms with Crippen molar-refractivity contribution in [2.45, 2.75) is 12.8 Å². The van der Waals surface area contributed by atoms with Crippen LogP contribution >= 0.6 is 8.18 Å². The summed E-state index contributed by atoms with van der Waals surface area (Å²) in [5.41, 5.74) is 5.90. The van der Waals surface area contributed by atoms with E-state index in [-0.39, 0.29) is 6.42 Å². The first-order valence-electron chi connectivity index (χ1n) is 4.36. The van der Waals surface area contributed by atoms with Crippen LogP contribution < -0.4 is 10.0 Å². The van der Waals surface area contributed by atoms with Gasteiger partial charge in [-0.05, 0) is 24.1 Å². The van der Waals surface area contributed by atoms with Crippen LogP contribution in [0.5, 0.6) is 5.75 Å². The zero-order valence-corrected chi connectivity index (χ0v) is 8.97. The van der Waals surface area contributed by atoms with Gasteiger partial charge in [-0.2, -0.15) is 0 Å². The lowest BCUT2D eigenvalue weighted by Gasteiger charge is -2.03. The standard InChI is InChI=1S/C9H12NO4P/c10-15(13)14-8-4-1-7(2-5-8)3-6-9(11)12/h1-2,4-5,15H,3,6H2,(H2,10,13)(H,11,12). The van der Waals surface area contributed by atoms with Crippen molar-refractivity contribution >= 4 is 14.1 Å². The Kier molecular flexibility index (Phi) is 4.34. The average molecular weight is 229 g/mol. The van der Waals surface area contributed by atoms with Crippen molar-refractivity contribution in [3.05, 3.63) is 29.8 Å². The van der Waals surface area contributed by atoms with Crippen LogP contribution in [-0.4, -0.2) is 11.1 Å². The molecule has 6 heteroatoms. The molecule has 0 saturated heterocycles. The molecule has 0 fully saturated rings. The van der Waals surface area contributed by atoms with E-state index in [1.54, 1.807) is 24.3 Å². The van der Waals surface area contributed by atoms with Gasteiger partial charge in [0, 0.05) is 6.42 Å². The highest BCUT2D eigenvalue weighted by atomic mass is 31.1. The SMILES string of the molecule is N[PH](=O)Oc1ccc(CCC(=O)O)cc1. The topological polar surface area (TPSA) is 89.6 Å². The Bertz CT molecular complexity index is 363. The van der Waals surface area contributed by atoms with E-state index in [0.29, 0.717) is 12.2 Å². The molecule has 3 N–H and O–H groups in total. The Labute approximate surface area is 87.8 Å². The van der Waals surface area contributed by atoms with E-state index in [1.165, 1.54) is 0 Å². The van der Waals surface area contributed by atoms with Crippen molar-refractivity contribution in [2.24, 2.45) is 5.50 Å². The van der Waals surface area contributed by atoms with Gasteiger partial charge in [-0.25, -0.2) is 0 Å². The van der Waals surface area contributed by atoms with E-state index in [2.05, 4.69) is 0 Å². The number of aliphatic carboxylic acids is 1. The Balaban J connectivity index is 2.56. The van der Waals surface area contributed by atoms with Gasteiger partial charge in [-0.3, -0.25) is 14.9 Å². The maximum atomic E-state index is 10.6. The maximum absolute atomic E-state index is 10.6. The molecule has 1 atom stereocenters. The van der Waals surface area contributed by atoms with Crippen LogP contribution in [0.2, 0.25) is 0 Å². The molecule has 15 heavy (non-hydrogen) atoms. The molecule has 1 aromatic carbocycles. The van der Waals surface area contributed by atoms with Crippen LogP contribution in [-0.2, 0) is 15.8 Å². The first kappa shape index (κ1) is 11.8. The smallest absolute Gasteiger partial charge is 0.303 e. The summed E-state index contributed by atoms with van der Waals surface area (Å²) in [5, 5.41) is 8.47. The quantitative estimate of drug-likeness (QED) is 0.745. The largest absolute Gasteiger partial charge is 0.481 e. The lowest BCUT2D eigenvalue weighted by Crippen LogP contribution is -1.97. The van der Waals surface area contributed by atoms with E-state index in [4.69, 9.17) is 15.1 Å². The highest BCUT2D eigenvalue weighted by Crippen LogP contribution is 2.20. The van der Waals surface area contributed by atoms with Gasteiger partial charge in [0.1, 0.15) is 5.75 Å². The zero-order valence-electron chi connectivity index (χ0n) is 7.97. The Morgan fingerprint density at radius 2 is 2.00 bits per heavy atom. The summed E-state index contributed by atoms with van der Waals surface area (Å²) >= 11 is 0. The van der Waals surface area contributed by atoms with E-state index >= 15 is 0 Å². The van der Waals surface area contributed by atoms with Gasteiger partial charge in [0.05, 0.1) is 0 Å². The van der Waals surface area contributed by atoms with Crippen molar-refractivity contribution in [3.8, 4) is 5.75 Å². The third kappa shape index (κ3) is 4.63. The molecular weight excluding hydrogens is 217 g/mol. The normalized spacial score (nSPS) is 12.1. The Morgan fingerprint density at radius 3 is 2.47 bits per heavy atom. The fraction of sp³-hybridized carbons (Fsp3) is 0.222. The summed E-state index contributed by atoms with van der Waals surface area (Å²) in [6.07, 6.45) is 0.557. The summed E-state index contributed by atoms with van der Waals surface area (Å²) in [6, 6.07) is 6.69. The predicted octanol–water partition coefficient (Wildman–Crippen LogP) is 1.43. The van der Waals surface area contributed by atoms with Gasteiger partial charge in [0.25, 0.3) is 0 Å². The van der Waals surface area contributed by atoms with E-state index < -0.39 is 14.1 Å². The molecule has 0 aliphatic carbocycles. The highest BCUT2D eigenvalue weighted by molar-refractivity contribution is 7.36. The number of benzene rings is 1.